The third-order valence-corrected chi connectivity index (χ3v) is 2.44. The molecule has 0 saturated carbocycles. The lowest BCUT2D eigenvalue weighted by molar-refractivity contribution is 0.687. The van der Waals surface area contributed by atoms with Crippen molar-refractivity contribution in [2.45, 2.75) is 20.8 Å². The van der Waals surface area contributed by atoms with Crippen molar-refractivity contribution in [3.63, 3.8) is 0 Å². The Morgan fingerprint density at radius 1 is 1.11 bits per heavy atom. The number of nitrogens with zero attached hydrogens (tertiary/aromatic N) is 4. The summed E-state index contributed by atoms with van der Waals surface area (Å²) in [5.41, 5.74) is 1.73. The summed E-state index contributed by atoms with van der Waals surface area (Å²) < 4.78 is 0. The number of aromatic nitrogens is 4. The van der Waals surface area contributed by atoms with Crippen LogP contribution in [0.15, 0.2) is 24.8 Å². The molecule has 0 saturated heterocycles. The van der Waals surface area contributed by atoms with Gasteiger partial charge >= 0.3 is 0 Å². The van der Waals surface area contributed by atoms with E-state index in [2.05, 4.69) is 39.1 Å². The smallest absolute Gasteiger partial charge is 0.129 e. The van der Waals surface area contributed by atoms with Crippen LogP contribution in [-0.2, 0) is 0 Å². The Morgan fingerprint density at radius 2 is 1.83 bits per heavy atom. The van der Waals surface area contributed by atoms with Crippen molar-refractivity contribution in [1.29, 1.82) is 0 Å². The molecule has 0 unspecified atom stereocenters. The molecule has 0 aliphatic heterocycles. The van der Waals surface area contributed by atoms with Gasteiger partial charge < -0.3 is 5.32 Å². The van der Waals surface area contributed by atoms with Crippen LogP contribution in [0.4, 0.5) is 5.82 Å². The molecule has 0 amide bonds. The first-order chi connectivity index (χ1) is 8.65. The van der Waals surface area contributed by atoms with Gasteiger partial charge in [0.05, 0.1) is 5.69 Å². The van der Waals surface area contributed by atoms with Crippen LogP contribution in [0.2, 0.25) is 0 Å². The average Bonchev–Trinajstić information content (AvgIpc) is 2.37. The lowest BCUT2D eigenvalue weighted by Gasteiger charge is -2.08. The number of aryl methyl sites for hydroxylation is 1. The van der Waals surface area contributed by atoms with Crippen molar-refractivity contribution in [3.8, 4) is 11.3 Å². The molecular weight excluding hydrogens is 226 g/mol. The van der Waals surface area contributed by atoms with Crippen molar-refractivity contribution < 1.29 is 0 Å². The molecule has 2 heterocycles. The lowest BCUT2D eigenvalue weighted by atomic mass is 10.2. The van der Waals surface area contributed by atoms with E-state index in [1.165, 1.54) is 0 Å². The molecule has 0 aliphatic rings. The summed E-state index contributed by atoms with van der Waals surface area (Å²) in [6.07, 6.45) is 5.10. The molecule has 0 atom stereocenters. The summed E-state index contributed by atoms with van der Waals surface area (Å²) in [4.78, 5) is 16.8. The first-order valence-corrected chi connectivity index (χ1v) is 6.00. The normalized spacial score (nSPS) is 10.7. The van der Waals surface area contributed by atoms with Crippen molar-refractivity contribution >= 4 is 5.82 Å². The second-order valence-electron chi connectivity index (χ2n) is 4.58. The molecule has 1 N–H and O–H groups in total. The van der Waals surface area contributed by atoms with Gasteiger partial charge in [0.2, 0.25) is 0 Å². The van der Waals surface area contributed by atoms with Gasteiger partial charge in [-0.1, -0.05) is 13.8 Å². The van der Waals surface area contributed by atoms with Crippen LogP contribution in [0.25, 0.3) is 11.3 Å². The van der Waals surface area contributed by atoms with Crippen LogP contribution in [0.3, 0.4) is 0 Å². The molecule has 18 heavy (non-hydrogen) atoms. The Morgan fingerprint density at radius 3 is 2.50 bits per heavy atom. The molecular formula is C13H17N5. The molecule has 0 aliphatic carbocycles. The molecule has 2 rings (SSSR count). The molecule has 2 aromatic rings. The molecule has 0 fully saturated rings. The molecule has 0 bridgehead atoms. The van der Waals surface area contributed by atoms with Crippen molar-refractivity contribution in [2.24, 2.45) is 5.92 Å². The maximum absolute atomic E-state index is 4.24. The third kappa shape index (κ3) is 3.23. The molecule has 0 radical (unpaired) electrons. The van der Waals surface area contributed by atoms with Gasteiger partial charge in [0.15, 0.2) is 0 Å². The Bertz CT molecular complexity index is 507. The molecule has 2 aromatic heterocycles. The minimum atomic E-state index is 0.575. The third-order valence-electron chi connectivity index (χ3n) is 2.44. The maximum Gasteiger partial charge on any atom is 0.129 e. The van der Waals surface area contributed by atoms with E-state index in [4.69, 9.17) is 0 Å². The van der Waals surface area contributed by atoms with Gasteiger partial charge in [-0.25, -0.2) is 19.9 Å². The number of anilines is 1. The second-order valence-corrected chi connectivity index (χ2v) is 4.58. The zero-order valence-electron chi connectivity index (χ0n) is 10.9. The minimum Gasteiger partial charge on any atom is -0.370 e. The summed E-state index contributed by atoms with van der Waals surface area (Å²) in [6.45, 7) is 7.06. The van der Waals surface area contributed by atoms with E-state index in [1.807, 2.05) is 13.0 Å². The first-order valence-electron chi connectivity index (χ1n) is 6.00. The highest BCUT2D eigenvalue weighted by atomic mass is 15.0. The molecule has 0 aromatic carbocycles. The van der Waals surface area contributed by atoms with E-state index in [0.29, 0.717) is 5.92 Å². The predicted molar refractivity (Wildman–Crippen MR) is 71.1 cm³/mol. The monoisotopic (exact) mass is 243 g/mol. The van der Waals surface area contributed by atoms with Gasteiger partial charge in [-0.2, -0.15) is 0 Å². The largest absolute Gasteiger partial charge is 0.370 e. The summed E-state index contributed by atoms with van der Waals surface area (Å²) in [5, 5.41) is 3.27. The number of hydrogen-bond donors (Lipinski definition) is 1. The maximum atomic E-state index is 4.24. The van der Waals surface area contributed by atoms with Crippen LogP contribution >= 0.6 is 0 Å². The average molecular weight is 243 g/mol. The van der Waals surface area contributed by atoms with Gasteiger partial charge in [0.25, 0.3) is 0 Å². The Kier molecular flexibility index (Phi) is 3.82. The molecule has 0 spiro atoms. The van der Waals surface area contributed by atoms with E-state index < -0.39 is 0 Å². The van der Waals surface area contributed by atoms with Crippen LogP contribution in [0.5, 0.6) is 0 Å². The summed E-state index contributed by atoms with van der Waals surface area (Å²) in [7, 11) is 0. The SMILES string of the molecule is Cc1ncc(-c2cc(NCC(C)C)ncn2)cn1. The van der Waals surface area contributed by atoms with Gasteiger partial charge in [0.1, 0.15) is 18.0 Å². The quantitative estimate of drug-likeness (QED) is 0.892. The van der Waals surface area contributed by atoms with E-state index in [1.54, 1.807) is 18.7 Å². The standard InChI is InChI=1S/C13H17N5/c1-9(2)5-16-13-4-12(17-8-18-13)11-6-14-10(3)15-7-11/h4,6-9H,5H2,1-3H3,(H,16,17,18). The zero-order valence-corrected chi connectivity index (χ0v) is 10.9. The first kappa shape index (κ1) is 12.4. The fourth-order valence-electron chi connectivity index (χ4n) is 1.45. The number of nitrogens with one attached hydrogen (secondary N) is 1. The van der Waals surface area contributed by atoms with E-state index in [-0.39, 0.29) is 0 Å². The van der Waals surface area contributed by atoms with Crippen molar-refractivity contribution in [3.05, 3.63) is 30.6 Å². The van der Waals surface area contributed by atoms with Crippen molar-refractivity contribution in [2.75, 3.05) is 11.9 Å². The van der Waals surface area contributed by atoms with Gasteiger partial charge in [-0.3, -0.25) is 0 Å². The van der Waals surface area contributed by atoms with Gasteiger partial charge in [-0.05, 0) is 12.8 Å². The topological polar surface area (TPSA) is 63.6 Å². The Balaban J connectivity index is 2.18. The predicted octanol–water partition coefficient (Wildman–Crippen LogP) is 2.31. The highest BCUT2D eigenvalue weighted by Gasteiger charge is 2.03. The van der Waals surface area contributed by atoms with Crippen LogP contribution in [-0.4, -0.2) is 26.5 Å². The number of rotatable bonds is 4. The Labute approximate surface area is 107 Å². The summed E-state index contributed by atoms with van der Waals surface area (Å²) >= 11 is 0. The Hall–Kier alpha value is -2.04. The van der Waals surface area contributed by atoms with Crippen LogP contribution in [0.1, 0.15) is 19.7 Å². The molecule has 5 heteroatoms. The fraction of sp³-hybridized carbons (Fsp3) is 0.385. The van der Waals surface area contributed by atoms with E-state index >= 15 is 0 Å². The fourth-order valence-corrected chi connectivity index (χ4v) is 1.45. The number of hydrogen-bond acceptors (Lipinski definition) is 5. The van der Waals surface area contributed by atoms with E-state index in [0.717, 1.165) is 29.4 Å². The summed E-state index contributed by atoms with van der Waals surface area (Å²) in [5.74, 6) is 2.16. The van der Waals surface area contributed by atoms with Crippen molar-refractivity contribution in [1.82, 2.24) is 19.9 Å². The molecule has 5 nitrogen and oxygen atoms in total. The second kappa shape index (κ2) is 5.53. The lowest BCUT2D eigenvalue weighted by Crippen LogP contribution is -2.09. The van der Waals surface area contributed by atoms with Gasteiger partial charge in [-0.15, -0.1) is 0 Å². The van der Waals surface area contributed by atoms with E-state index in [9.17, 15) is 0 Å². The van der Waals surface area contributed by atoms with Crippen LogP contribution < -0.4 is 5.32 Å². The summed E-state index contributed by atoms with van der Waals surface area (Å²) in [6, 6.07) is 1.91. The highest BCUT2D eigenvalue weighted by Crippen LogP contribution is 2.16. The van der Waals surface area contributed by atoms with Crippen LogP contribution in [0, 0.1) is 12.8 Å². The minimum absolute atomic E-state index is 0.575. The molecule has 94 valence electrons. The van der Waals surface area contributed by atoms with Gasteiger partial charge in [0, 0.05) is 30.6 Å². The zero-order chi connectivity index (χ0) is 13.0. The highest BCUT2D eigenvalue weighted by molar-refractivity contribution is 5.60.